The number of nitrogens with zero attached hydrogens (tertiary/aromatic N) is 3. The molecule has 2 saturated heterocycles. The van der Waals surface area contributed by atoms with E-state index in [0.717, 1.165) is 36.9 Å². The summed E-state index contributed by atoms with van der Waals surface area (Å²) in [5, 5.41) is 0. The highest BCUT2D eigenvalue weighted by atomic mass is 16.6. The number of ether oxygens (including phenoxy) is 2. The Morgan fingerprint density at radius 2 is 2.11 bits per heavy atom. The minimum absolute atomic E-state index is 0.0699. The Morgan fingerprint density at radius 1 is 1.22 bits per heavy atom. The van der Waals surface area contributed by atoms with Crippen molar-refractivity contribution in [3.05, 3.63) is 60.2 Å². The van der Waals surface area contributed by atoms with E-state index in [1.807, 2.05) is 35.4 Å². The Balaban J connectivity index is 1.31. The Hall–Kier alpha value is -2.31. The first kappa shape index (κ1) is 18.1. The molecule has 2 atom stereocenters. The summed E-state index contributed by atoms with van der Waals surface area (Å²) in [6.07, 6.45) is 10.3. The Morgan fingerprint density at radius 3 is 2.93 bits per heavy atom. The molecule has 1 spiro atoms. The fraction of sp³-hybridized carbons (Fsp3) is 0.476. The molecular formula is C21H25N3O3. The van der Waals surface area contributed by atoms with Crippen molar-refractivity contribution >= 4 is 5.91 Å². The van der Waals surface area contributed by atoms with Crippen LogP contribution in [0.1, 0.15) is 30.4 Å². The van der Waals surface area contributed by atoms with Crippen LogP contribution in [0.25, 0.3) is 0 Å². The molecule has 0 bridgehead atoms. The molecule has 27 heavy (non-hydrogen) atoms. The number of carbonyl (C=O) groups excluding carboxylic acids is 1. The van der Waals surface area contributed by atoms with Crippen LogP contribution in [-0.4, -0.2) is 52.2 Å². The SMILES string of the molecule is O=C(Cc1ccncc1)N1CCCC2(CC(OCc3cccnc3)CO2)C1. The second kappa shape index (κ2) is 8.15. The molecule has 142 valence electrons. The first-order chi connectivity index (χ1) is 13.2. The minimum atomic E-state index is -0.258. The van der Waals surface area contributed by atoms with Gasteiger partial charge >= 0.3 is 0 Å². The molecule has 2 aromatic heterocycles. The summed E-state index contributed by atoms with van der Waals surface area (Å²) in [4.78, 5) is 22.8. The Bertz CT molecular complexity index is 756. The number of hydrogen-bond donors (Lipinski definition) is 0. The van der Waals surface area contributed by atoms with Crippen molar-refractivity contribution in [2.24, 2.45) is 0 Å². The number of amides is 1. The highest BCUT2D eigenvalue weighted by Gasteiger charge is 2.44. The normalized spacial score (nSPS) is 25.0. The van der Waals surface area contributed by atoms with E-state index in [2.05, 4.69) is 9.97 Å². The van der Waals surface area contributed by atoms with E-state index in [4.69, 9.17) is 9.47 Å². The van der Waals surface area contributed by atoms with Crippen molar-refractivity contribution in [1.29, 1.82) is 0 Å². The van der Waals surface area contributed by atoms with Crippen LogP contribution in [0.3, 0.4) is 0 Å². The monoisotopic (exact) mass is 367 g/mol. The molecule has 0 saturated carbocycles. The second-order valence-corrected chi connectivity index (χ2v) is 7.44. The van der Waals surface area contributed by atoms with Gasteiger partial charge in [-0.25, -0.2) is 0 Å². The lowest BCUT2D eigenvalue weighted by Crippen LogP contribution is -2.50. The van der Waals surface area contributed by atoms with Crippen LogP contribution in [-0.2, 0) is 27.3 Å². The lowest BCUT2D eigenvalue weighted by Gasteiger charge is -2.39. The van der Waals surface area contributed by atoms with Gasteiger partial charge in [-0.2, -0.15) is 0 Å². The first-order valence-corrected chi connectivity index (χ1v) is 9.54. The predicted octanol–water partition coefficient (Wildman–Crippen LogP) is 2.39. The highest BCUT2D eigenvalue weighted by molar-refractivity contribution is 5.79. The van der Waals surface area contributed by atoms with E-state index in [1.165, 1.54) is 0 Å². The van der Waals surface area contributed by atoms with Gasteiger partial charge in [0, 0.05) is 44.3 Å². The molecule has 2 unspecified atom stereocenters. The van der Waals surface area contributed by atoms with E-state index in [0.29, 0.717) is 26.2 Å². The van der Waals surface area contributed by atoms with E-state index >= 15 is 0 Å². The van der Waals surface area contributed by atoms with Crippen molar-refractivity contribution in [2.45, 2.75) is 44.0 Å². The predicted molar refractivity (Wildman–Crippen MR) is 99.9 cm³/mol. The van der Waals surface area contributed by atoms with Crippen molar-refractivity contribution in [3.8, 4) is 0 Å². The lowest BCUT2D eigenvalue weighted by molar-refractivity contribution is -0.138. The third kappa shape index (κ3) is 4.51. The third-order valence-electron chi connectivity index (χ3n) is 5.38. The zero-order chi connectivity index (χ0) is 18.5. The van der Waals surface area contributed by atoms with Gasteiger partial charge in [-0.05, 0) is 42.2 Å². The molecular weight excluding hydrogens is 342 g/mol. The molecule has 2 aromatic rings. The highest BCUT2D eigenvalue weighted by Crippen LogP contribution is 2.36. The number of rotatable bonds is 5. The van der Waals surface area contributed by atoms with Crippen molar-refractivity contribution < 1.29 is 14.3 Å². The molecule has 2 fully saturated rings. The van der Waals surface area contributed by atoms with Crippen LogP contribution in [0, 0.1) is 0 Å². The quantitative estimate of drug-likeness (QED) is 0.812. The average molecular weight is 367 g/mol. The third-order valence-corrected chi connectivity index (χ3v) is 5.38. The van der Waals surface area contributed by atoms with E-state index < -0.39 is 0 Å². The maximum absolute atomic E-state index is 12.7. The van der Waals surface area contributed by atoms with Crippen LogP contribution in [0.15, 0.2) is 49.1 Å². The van der Waals surface area contributed by atoms with Gasteiger partial charge in [-0.3, -0.25) is 14.8 Å². The number of hydrogen-bond acceptors (Lipinski definition) is 5. The molecule has 4 heterocycles. The van der Waals surface area contributed by atoms with Gasteiger partial charge in [0.05, 0.1) is 31.3 Å². The van der Waals surface area contributed by atoms with Crippen LogP contribution in [0.5, 0.6) is 0 Å². The zero-order valence-electron chi connectivity index (χ0n) is 15.4. The summed E-state index contributed by atoms with van der Waals surface area (Å²) < 4.78 is 12.2. The summed E-state index contributed by atoms with van der Waals surface area (Å²) in [6.45, 7) is 2.59. The molecule has 0 aliphatic carbocycles. The number of likely N-dealkylation sites (tertiary alicyclic amines) is 1. The molecule has 0 aromatic carbocycles. The maximum atomic E-state index is 12.7. The molecule has 0 N–H and O–H groups in total. The summed E-state index contributed by atoms with van der Waals surface area (Å²) in [5.41, 5.74) is 1.81. The topological polar surface area (TPSA) is 64.6 Å². The molecule has 4 rings (SSSR count). The maximum Gasteiger partial charge on any atom is 0.227 e. The van der Waals surface area contributed by atoms with Crippen molar-refractivity contribution in [3.63, 3.8) is 0 Å². The molecule has 2 aliphatic heterocycles. The molecule has 1 amide bonds. The van der Waals surface area contributed by atoms with Gasteiger partial charge in [-0.1, -0.05) is 6.07 Å². The van der Waals surface area contributed by atoms with Gasteiger partial charge in [0.15, 0.2) is 0 Å². The van der Waals surface area contributed by atoms with Crippen molar-refractivity contribution in [2.75, 3.05) is 19.7 Å². The Kier molecular flexibility index (Phi) is 5.45. The van der Waals surface area contributed by atoms with E-state index in [-0.39, 0.29) is 17.6 Å². The molecule has 0 radical (unpaired) electrons. The Labute approximate surface area is 159 Å². The van der Waals surface area contributed by atoms with Gasteiger partial charge in [0.1, 0.15) is 0 Å². The van der Waals surface area contributed by atoms with Crippen LogP contribution >= 0.6 is 0 Å². The van der Waals surface area contributed by atoms with Gasteiger partial charge in [0.2, 0.25) is 5.91 Å². The average Bonchev–Trinajstić information content (AvgIpc) is 3.10. The largest absolute Gasteiger partial charge is 0.371 e. The molecule has 6 heteroatoms. The molecule has 6 nitrogen and oxygen atoms in total. The van der Waals surface area contributed by atoms with Gasteiger partial charge in [-0.15, -0.1) is 0 Å². The summed E-state index contributed by atoms with van der Waals surface area (Å²) in [5.74, 6) is 0.156. The summed E-state index contributed by atoms with van der Waals surface area (Å²) in [6, 6.07) is 7.72. The van der Waals surface area contributed by atoms with Crippen LogP contribution < -0.4 is 0 Å². The summed E-state index contributed by atoms with van der Waals surface area (Å²) >= 11 is 0. The van der Waals surface area contributed by atoms with Gasteiger partial charge in [0.25, 0.3) is 0 Å². The number of carbonyl (C=O) groups is 1. The van der Waals surface area contributed by atoms with Crippen LogP contribution in [0.2, 0.25) is 0 Å². The van der Waals surface area contributed by atoms with Crippen molar-refractivity contribution in [1.82, 2.24) is 14.9 Å². The van der Waals surface area contributed by atoms with Gasteiger partial charge < -0.3 is 14.4 Å². The summed E-state index contributed by atoms with van der Waals surface area (Å²) in [7, 11) is 0. The minimum Gasteiger partial charge on any atom is -0.371 e. The fourth-order valence-electron chi connectivity index (χ4n) is 3.99. The lowest BCUT2D eigenvalue weighted by atomic mass is 9.89. The number of aromatic nitrogens is 2. The zero-order valence-corrected chi connectivity index (χ0v) is 15.4. The molecule has 2 aliphatic rings. The van der Waals surface area contributed by atoms with E-state index in [9.17, 15) is 4.79 Å². The van der Waals surface area contributed by atoms with E-state index in [1.54, 1.807) is 18.6 Å². The van der Waals surface area contributed by atoms with Crippen LogP contribution in [0.4, 0.5) is 0 Å². The number of pyridine rings is 2. The standard InChI is InChI=1S/C21H25N3O3/c25-20(11-17-4-8-22-9-5-17)24-10-2-6-21(16-24)12-19(15-27-21)26-14-18-3-1-7-23-13-18/h1,3-5,7-9,13,19H,2,6,10-12,14-16H2. The number of piperidine rings is 1. The second-order valence-electron chi connectivity index (χ2n) is 7.44. The fourth-order valence-corrected chi connectivity index (χ4v) is 3.99. The first-order valence-electron chi connectivity index (χ1n) is 9.54. The smallest absolute Gasteiger partial charge is 0.227 e.